The minimum atomic E-state index is -3.13. The fraction of sp³-hybridized carbons (Fsp3) is 0.500. The molecule has 1 aliphatic heterocycles. The lowest BCUT2D eigenvalue weighted by atomic mass is 10.2. The Morgan fingerprint density at radius 1 is 1.30 bits per heavy atom. The van der Waals surface area contributed by atoms with Gasteiger partial charge in [0, 0.05) is 32.7 Å². The van der Waals surface area contributed by atoms with Crippen LogP contribution in [0.5, 0.6) is 0 Å². The predicted octanol–water partition coefficient (Wildman–Crippen LogP) is -0.143. The average Bonchev–Trinajstić information content (AvgIpc) is 2.38. The molecule has 0 amide bonds. The fourth-order valence-electron chi connectivity index (χ4n) is 2.14. The molecule has 2 rings (SSSR count). The SMILES string of the molecule is CS(=O)(=O)N1CCN(Cc2cccc(C(=O)O)n2)CC1. The fourth-order valence-corrected chi connectivity index (χ4v) is 2.96. The average molecular weight is 299 g/mol. The minimum Gasteiger partial charge on any atom is -0.477 e. The van der Waals surface area contributed by atoms with Gasteiger partial charge in [-0.25, -0.2) is 18.2 Å². The molecule has 1 aromatic heterocycles. The zero-order valence-electron chi connectivity index (χ0n) is 11.2. The molecule has 110 valence electrons. The van der Waals surface area contributed by atoms with E-state index in [0.29, 0.717) is 38.4 Å². The molecule has 0 bridgehead atoms. The third-order valence-electron chi connectivity index (χ3n) is 3.21. The molecule has 1 N–H and O–H groups in total. The molecule has 0 spiro atoms. The highest BCUT2D eigenvalue weighted by Gasteiger charge is 2.23. The Bertz CT molecular complexity index is 594. The Balaban J connectivity index is 1.96. The molecular formula is C12H17N3O4S. The molecule has 0 aliphatic carbocycles. The van der Waals surface area contributed by atoms with Crippen LogP contribution in [0.1, 0.15) is 16.2 Å². The van der Waals surface area contributed by atoms with Crippen LogP contribution in [0.4, 0.5) is 0 Å². The van der Waals surface area contributed by atoms with Gasteiger partial charge in [-0.15, -0.1) is 0 Å². The van der Waals surface area contributed by atoms with E-state index in [1.807, 2.05) is 0 Å². The van der Waals surface area contributed by atoms with E-state index in [2.05, 4.69) is 9.88 Å². The van der Waals surface area contributed by atoms with Gasteiger partial charge >= 0.3 is 5.97 Å². The van der Waals surface area contributed by atoms with Crippen molar-refractivity contribution in [3.8, 4) is 0 Å². The molecule has 2 heterocycles. The summed E-state index contributed by atoms with van der Waals surface area (Å²) in [6.07, 6.45) is 1.21. The summed E-state index contributed by atoms with van der Waals surface area (Å²) in [5.41, 5.74) is 0.704. The van der Waals surface area contributed by atoms with E-state index < -0.39 is 16.0 Å². The number of carboxylic acids is 1. The van der Waals surface area contributed by atoms with Crippen LogP contribution in [-0.4, -0.2) is 66.1 Å². The molecule has 0 unspecified atom stereocenters. The van der Waals surface area contributed by atoms with Crippen molar-refractivity contribution in [2.24, 2.45) is 0 Å². The summed E-state index contributed by atoms with van der Waals surface area (Å²) >= 11 is 0. The van der Waals surface area contributed by atoms with E-state index in [0.717, 1.165) is 0 Å². The number of pyridine rings is 1. The van der Waals surface area contributed by atoms with Gasteiger partial charge in [0.05, 0.1) is 11.9 Å². The van der Waals surface area contributed by atoms with Crippen molar-refractivity contribution in [3.63, 3.8) is 0 Å². The van der Waals surface area contributed by atoms with Crippen molar-refractivity contribution >= 4 is 16.0 Å². The van der Waals surface area contributed by atoms with Gasteiger partial charge in [0.2, 0.25) is 10.0 Å². The van der Waals surface area contributed by atoms with Crippen LogP contribution in [0.2, 0.25) is 0 Å². The van der Waals surface area contributed by atoms with Crippen LogP contribution in [0, 0.1) is 0 Å². The van der Waals surface area contributed by atoms with Crippen LogP contribution in [0.15, 0.2) is 18.2 Å². The molecule has 0 atom stereocenters. The highest BCUT2D eigenvalue weighted by molar-refractivity contribution is 7.88. The van der Waals surface area contributed by atoms with Gasteiger partial charge in [-0.2, -0.15) is 4.31 Å². The van der Waals surface area contributed by atoms with Crippen molar-refractivity contribution in [2.45, 2.75) is 6.54 Å². The monoisotopic (exact) mass is 299 g/mol. The van der Waals surface area contributed by atoms with Crippen molar-refractivity contribution in [3.05, 3.63) is 29.6 Å². The van der Waals surface area contributed by atoms with Gasteiger partial charge in [-0.1, -0.05) is 6.07 Å². The molecule has 1 aromatic rings. The number of nitrogens with zero attached hydrogens (tertiary/aromatic N) is 3. The number of carboxylic acid groups (broad SMARTS) is 1. The van der Waals surface area contributed by atoms with E-state index >= 15 is 0 Å². The van der Waals surface area contributed by atoms with Crippen LogP contribution in [-0.2, 0) is 16.6 Å². The van der Waals surface area contributed by atoms with Gasteiger partial charge < -0.3 is 5.11 Å². The zero-order chi connectivity index (χ0) is 14.8. The molecule has 0 radical (unpaired) electrons. The normalized spacial score (nSPS) is 18.1. The number of hydrogen-bond donors (Lipinski definition) is 1. The largest absolute Gasteiger partial charge is 0.477 e. The molecule has 1 saturated heterocycles. The summed E-state index contributed by atoms with van der Waals surface area (Å²) in [5, 5.41) is 8.89. The first kappa shape index (κ1) is 14.9. The molecule has 1 fully saturated rings. The highest BCUT2D eigenvalue weighted by atomic mass is 32.2. The van der Waals surface area contributed by atoms with Crippen LogP contribution in [0.3, 0.4) is 0 Å². The second-order valence-electron chi connectivity index (χ2n) is 4.76. The van der Waals surface area contributed by atoms with Crippen molar-refractivity contribution in [1.29, 1.82) is 0 Å². The third-order valence-corrected chi connectivity index (χ3v) is 4.51. The number of aromatic carboxylic acids is 1. The zero-order valence-corrected chi connectivity index (χ0v) is 12.0. The van der Waals surface area contributed by atoms with Crippen LogP contribution in [0.25, 0.3) is 0 Å². The summed E-state index contributed by atoms with van der Waals surface area (Å²) in [6.45, 7) is 2.67. The van der Waals surface area contributed by atoms with Crippen LogP contribution < -0.4 is 0 Å². The standard InChI is InChI=1S/C12H17N3O4S/c1-20(18,19)15-7-5-14(6-8-15)9-10-3-2-4-11(13-10)12(16)17/h2-4H,5-9H2,1H3,(H,16,17). The molecule has 7 nitrogen and oxygen atoms in total. The summed E-state index contributed by atoms with van der Waals surface area (Å²) in [4.78, 5) is 17.0. The highest BCUT2D eigenvalue weighted by Crippen LogP contribution is 2.10. The van der Waals surface area contributed by atoms with Crippen molar-refractivity contribution < 1.29 is 18.3 Å². The third kappa shape index (κ3) is 3.75. The smallest absolute Gasteiger partial charge is 0.354 e. The first-order chi connectivity index (χ1) is 9.36. The Hall–Kier alpha value is -1.51. The number of piperazine rings is 1. The number of rotatable bonds is 4. The van der Waals surface area contributed by atoms with Gasteiger partial charge in [-0.3, -0.25) is 4.90 Å². The first-order valence-electron chi connectivity index (χ1n) is 6.23. The maximum absolute atomic E-state index is 11.4. The van der Waals surface area contributed by atoms with Gasteiger partial charge in [0.1, 0.15) is 5.69 Å². The lowest BCUT2D eigenvalue weighted by Gasteiger charge is -2.32. The number of aromatic nitrogens is 1. The molecule has 8 heteroatoms. The number of carbonyl (C=O) groups is 1. The lowest BCUT2D eigenvalue weighted by Crippen LogP contribution is -2.47. The van der Waals surface area contributed by atoms with Crippen molar-refractivity contribution in [2.75, 3.05) is 32.4 Å². The quantitative estimate of drug-likeness (QED) is 0.832. The van der Waals surface area contributed by atoms with E-state index in [1.165, 1.54) is 16.6 Å². The van der Waals surface area contributed by atoms with E-state index in [4.69, 9.17) is 5.11 Å². The molecule has 20 heavy (non-hydrogen) atoms. The summed E-state index contributed by atoms with van der Waals surface area (Å²) in [6, 6.07) is 4.89. The number of hydrogen-bond acceptors (Lipinski definition) is 5. The van der Waals surface area contributed by atoms with Crippen molar-refractivity contribution in [1.82, 2.24) is 14.2 Å². The second-order valence-corrected chi connectivity index (χ2v) is 6.74. The summed E-state index contributed by atoms with van der Waals surface area (Å²) < 4.78 is 24.3. The van der Waals surface area contributed by atoms with Crippen LogP contribution >= 0.6 is 0 Å². The Labute approximate surface area is 117 Å². The van der Waals surface area contributed by atoms with E-state index in [9.17, 15) is 13.2 Å². The Morgan fingerprint density at radius 3 is 2.50 bits per heavy atom. The number of sulfonamides is 1. The summed E-state index contributed by atoms with van der Waals surface area (Å²) in [7, 11) is -3.13. The Kier molecular flexibility index (Phi) is 4.36. The second kappa shape index (κ2) is 5.86. The Morgan fingerprint density at radius 2 is 1.95 bits per heavy atom. The maximum atomic E-state index is 11.4. The topological polar surface area (TPSA) is 90.8 Å². The maximum Gasteiger partial charge on any atom is 0.354 e. The molecule has 0 aromatic carbocycles. The van der Waals surface area contributed by atoms with Gasteiger partial charge in [-0.05, 0) is 12.1 Å². The van der Waals surface area contributed by atoms with Gasteiger partial charge in [0.25, 0.3) is 0 Å². The molecule has 1 aliphatic rings. The minimum absolute atomic E-state index is 0.0253. The van der Waals surface area contributed by atoms with E-state index in [1.54, 1.807) is 12.1 Å². The lowest BCUT2D eigenvalue weighted by molar-refractivity contribution is 0.0689. The summed E-state index contributed by atoms with van der Waals surface area (Å²) in [5.74, 6) is -1.05. The molecular weight excluding hydrogens is 282 g/mol. The first-order valence-corrected chi connectivity index (χ1v) is 8.08. The predicted molar refractivity (Wildman–Crippen MR) is 72.9 cm³/mol. The van der Waals surface area contributed by atoms with Gasteiger partial charge in [0.15, 0.2) is 0 Å². The molecule has 0 saturated carbocycles. The van der Waals surface area contributed by atoms with E-state index in [-0.39, 0.29) is 5.69 Å².